The summed E-state index contributed by atoms with van der Waals surface area (Å²) in [6, 6.07) is 8.74. The van der Waals surface area contributed by atoms with Crippen LogP contribution in [-0.2, 0) is 0 Å². The van der Waals surface area contributed by atoms with Gasteiger partial charge in [0.1, 0.15) is 5.75 Å². The van der Waals surface area contributed by atoms with Crippen molar-refractivity contribution < 1.29 is 4.74 Å². The summed E-state index contributed by atoms with van der Waals surface area (Å²) in [4.78, 5) is 0. The molecule has 1 N–H and O–H groups in total. The molecular weight excluding hydrogens is 210 g/mol. The maximum atomic E-state index is 5.20. The molecule has 0 aliphatic heterocycles. The summed E-state index contributed by atoms with van der Waals surface area (Å²) in [5.41, 5.74) is 1.54. The summed E-state index contributed by atoms with van der Waals surface area (Å²) in [7, 11) is 1.70. The van der Waals surface area contributed by atoms with E-state index in [1.165, 1.54) is 5.56 Å². The van der Waals surface area contributed by atoms with Gasteiger partial charge in [-0.1, -0.05) is 39.8 Å². The van der Waals surface area contributed by atoms with Crippen molar-refractivity contribution in [3.05, 3.63) is 29.8 Å². The van der Waals surface area contributed by atoms with Crippen molar-refractivity contribution in [1.82, 2.24) is 5.32 Å². The minimum atomic E-state index is 0.212. The average molecular weight is 235 g/mol. The van der Waals surface area contributed by atoms with Gasteiger partial charge in [0.2, 0.25) is 0 Å². The highest BCUT2D eigenvalue weighted by Crippen LogP contribution is 2.33. The Bertz CT molecular complexity index is 324. The van der Waals surface area contributed by atoms with E-state index in [-0.39, 0.29) is 5.41 Å². The highest BCUT2D eigenvalue weighted by Gasteiger charge is 2.25. The number of rotatable bonds is 5. The van der Waals surface area contributed by atoms with Gasteiger partial charge in [0.05, 0.1) is 7.11 Å². The van der Waals surface area contributed by atoms with Crippen molar-refractivity contribution in [2.45, 2.75) is 40.2 Å². The zero-order valence-corrected chi connectivity index (χ0v) is 11.7. The van der Waals surface area contributed by atoms with Crippen molar-refractivity contribution >= 4 is 0 Å². The van der Waals surface area contributed by atoms with Crippen molar-refractivity contribution in [3.63, 3.8) is 0 Å². The van der Waals surface area contributed by atoms with E-state index in [9.17, 15) is 0 Å². The molecule has 0 saturated heterocycles. The third-order valence-corrected chi connectivity index (χ3v) is 2.91. The lowest BCUT2D eigenvalue weighted by atomic mass is 9.82. The molecular formula is C15H25NO. The zero-order chi connectivity index (χ0) is 12.9. The van der Waals surface area contributed by atoms with Gasteiger partial charge in [0.15, 0.2) is 0 Å². The van der Waals surface area contributed by atoms with Crippen LogP contribution in [0.3, 0.4) is 0 Å². The Morgan fingerprint density at radius 3 is 2.18 bits per heavy atom. The highest BCUT2D eigenvalue weighted by molar-refractivity contribution is 5.30. The van der Waals surface area contributed by atoms with Gasteiger partial charge in [-0.05, 0) is 36.1 Å². The molecule has 1 aromatic rings. The number of ether oxygens (including phenoxy) is 1. The summed E-state index contributed by atoms with van der Waals surface area (Å²) >= 11 is 0. The lowest BCUT2D eigenvalue weighted by Crippen LogP contribution is -2.32. The molecule has 0 aliphatic carbocycles. The molecule has 1 atom stereocenters. The van der Waals surface area contributed by atoms with E-state index in [0.29, 0.717) is 6.04 Å². The Morgan fingerprint density at radius 1 is 1.18 bits per heavy atom. The predicted molar refractivity (Wildman–Crippen MR) is 73.5 cm³/mol. The standard InChI is InChI=1S/C15H25NO/c1-6-11-16-14(15(2,3)4)12-7-9-13(17-5)10-8-12/h7-10,14,16H,6,11H2,1-5H3. The second-order valence-electron chi connectivity index (χ2n) is 5.53. The van der Waals surface area contributed by atoms with Gasteiger partial charge in [0, 0.05) is 6.04 Å². The summed E-state index contributed by atoms with van der Waals surface area (Å²) in [5, 5.41) is 3.62. The molecule has 0 heterocycles. The largest absolute Gasteiger partial charge is 0.497 e. The molecule has 0 spiro atoms. The fourth-order valence-corrected chi connectivity index (χ4v) is 2.01. The molecule has 0 radical (unpaired) electrons. The first kappa shape index (κ1) is 14.0. The SMILES string of the molecule is CCCNC(c1ccc(OC)cc1)C(C)(C)C. The molecule has 96 valence electrons. The molecule has 2 nitrogen and oxygen atoms in total. The van der Waals surface area contributed by atoms with Crippen LogP contribution in [0.4, 0.5) is 0 Å². The molecule has 0 saturated carbocycles. The Morgan fingerprint density at radius 2 is 1.76 bits per heavy atom. The normalized spacial score (nSPS) is 13.5. The molecule has 0 aromatic heterocycles. The molecule has 2 heteroatoms. The van der Waals surface area contributed by atoms with Crippen LogP contribution in [0.1, 0.15) is 45.7 Å². The van der Waals surface area contributed by atoms with E-state index in [4.69, 9.17) is 4.74 Å². The van der Waals surface area contributed by atoms with Crippen molar-refractivity contribution in [2.75, 3.05) is 13.7 Å². The van der Waals surface area contributed by atoms with Gasteiger partial charge in [-0.15, -0.1) is 0 Å². The van der Waals surface area contributed by atoms with E-state index in [1.54, 1.807) is 7.11 Å². The van der Waals surface area contributed by atoms with E-state index in [1.807, 2.05) is 12.1 Å². The van der Waals surface area contributed by atoms with E-state index in [0.717, 1.165) is 18.7 Å². The van der Waals surface area contributed by atoms with Gasteiger partial charge in [-0.3, -0.25) is 0 Å². The lowest BCUT2D eigenvalue weighted by molar-refractivity contribution is 0.273. The third-order valence-electron chi connectivity index (χ3n) is 2.91. The van der Waals surface area contributed by atoms with Crippen molar-refractivity contribution in [1.29, 1.82) is 0 Å². The van der Waals surface area contributed by atoms with E-state index in [2.05, 4.69) is 45.1 Å². The van der Waals surface area contributed by atoms with Crippen LogP contribution in [0.2, 0.25) is 0 Å². The Balaban J connectivity index is 2.88. The third kappa shape index (κ3) is 4.04. The maximum Gasteiger partial charge on any atom is 0.118 e. The Hall–Kier alpha value is -1.02. The zero-order valence-electron chi connectivity index (χ0n) is 11.7. The molecule has 0 bridgehead atoms. The van der Waals surface area contributed by atoms with Crippen LogP contribution >= 0.6 is 0 Å². The number of hydrogen-bond acceptors (Lipinski definition) is 2. The number of methoxy groups -OCH3 is 1. The van der Waals surface area contributed by atoms with Crippen LogP contribution in [0, 0.1) is 5.41 Å². The van der Waals surface area contributed by atoms with Crippen LogP contribution in [-0.4, -0.2) is 13.7 Å². The second-order valence-corrected chi connectivity index (χ2v) is 5.53. The lowest BCUT2D eigenvalue weighted by Gasteiger charge is -2.32. The van der Waals surface area contributed by atoms with Crippen LogP contribution in [0.5, 0.6) is 5.75 Å². The Labute approximate surface area is 105 Å². The quantitative estimate of drug-likeness (QED) is 0.838. The first-order chi connectivity index (χ1) is 7.99. The molecule has 17 heavy (non-hydrogen) atoms. The molecule has 1 unspecified atom stereocenters. The number of nitrogens with one attached hydrogen (secondary N) is 1. The fraction of sp³-hybridized carbons (Fsp3) is 0.600. The van der Waals surface area contributed by atoms with Gasteiger partial charge >= 0.3 is 0 Å². The minimum absolute atomic E-state index is 0.212. The summed E-state index contributed by atoms with van der Waals surface area (Å²) in [5.74, 6) is 0.914. The summed E-state index contributed by atoms with van der Waals surface area (Å²) in [6.45, 7) is 10.0. The van der Waals surface area contributed by atoms with Crippen molar-refractivity contribution in [2.24, 2.45) is 5.41 Å². The fourth-order valence-electron chi connectivity index (χ4n) is 2.01. The van der Waals surface area contributed by atoms with Crippen molar-refractivity contribution in [3.8, 4) is 5.75 Å². The Kier molecular flexibility index (Phi) is 5.01. The highest BCUT2D eigenvalue weighted by atomic mass is 16.5. The monoisotopic (exact) mass is 235 g/mol. The van der Waals surface area contributed by atoms with E-state index < -0.39 is 0 Å². The van der Waals surface area contributed by atoms with Crippen LogP contribution in [0.15, 0.2) is 24.3 Å². The maximum absolute atomic E-state index is 5.20. The summed E-state index contributed by atoms with van der Waals surface area (Å²) < 4.78 is 5.20. The minimum Gasteiger partial charge on any atom is -0.497 e. The van der Waals surface area contributed by atoms with Gasteiger partial charge in [-0.2, -0.15) is 0 Å². The topological polar surface area (TPSA) is 21.3 Å². The number of benzene rings is 1. The first-order valence-electron chi connectivity index (χ1n) is 6.36. The second kappa shape index (κ2) is 6.06. The van der Waals surface area contributed by atoms with Gasteiger partial charge in [-0.25, -0.2) is 0 Å². The number of hydrogen-bond donors (Lipinski definition) is 1. The molecule has 0 aliphatic rings. The molecule has 1 rings (SSSR count). The smallest absolute Gasteiger partial charge is 0.118 e. The van der Waals surface area contributed by atoms with Gasteiger partial charge < -0.3 is 10.1 Å². The summed E-state index contributed by atoms with van der Waals surface area (Å²) in [6.07, 6.45) is 1.16. The molecule has 0 fully saturated rings. The van der Waals surface area contributed by atoms with Gasteiger partial charge in [0.25, 0.3) is 0 Å². The molecule has 1 aromatic carbocycles. The first-order valence-corrected chi connectivity index (χ1v) is 6.36. The predicted octanol–water partition coefficient (Wildman–Crippen LogP) is 3.78. The van der Waals surface area contributed by atoms with E-state index >= 15 is 0 Å². The van der Waals surface area contributed by atoms with Crippen LogP contribution < -0.4 is 10.1 Å². The average Bonchev–Trinajstić information content (AvgIpc) is 2.29. The molecule has 0 amide bonds. The van der Waals surface area contributed by atoms with Crippen LogP contribution in [0.25, 0.3) is 0 Å².